The van der Waals surface area contributed by atoms with Crippen molar-refractivity contribution in [3.63, 3.8) is 0 Å². The number of para-hydroxylation sites is 1. The molecule has 0 radical (unpaired) electrons. The van der Waals surface area contributed by atoms with Crippen LogP contribution in [0.3, 0.4) is 0 Å². The van der Waals surface area contributed by atoms with E-state index in [9.17, 15) is 14.4 Å². The lowest BCUT2D eigenvalue weighted by atomic mass is 10.3. The summed E-state index contributed by atoms with van der Waals surface area (Å²) in [5.41, 5.74) is 0.260. The van der Waals surface area contributed by atoms with E-state index < -0.39 is 12.2 Å². The number of imide groups is 1. The molecular formula is C18H21N3O6. The molecule has 0 fully saturated rings. The Morgan fingerprint density at radius 1 is 1.07 bits per heavy atom. The van der Waals surface area contributed by atoms with Crippen molar-refractivity contribution in [2.45, 2.75) is 13.8 Å². The number of ether oxygens (including phenoxy) is 3. The predicted molar refractivity (Wildman–Crippen MR) is 96.1 cm³/mol. The standard InChI is InChI=1S/C18H21N3O6/c1-3-25-17(23)20(18(24)26-4-2)10-11-27-15-12-16(22)21(19-13-15)14-8-6-5-7-9-14/h5-9,12-13H,3-4,10-11H2,1-2H3. The molecule has 2 aromatic rings. The summed E-state index contributed by atoms with van der Waals surface area (Å²) in [5.74, 6) is 0.222. The lowest BCUT2D eigenvalue weighted by Gasteiger charge is -2.19. The Hall–Kier alpha value is -3.36. The highest BCUT2D eigenvalue weighted by atomic mass is 16.6. The highest BCUT2D eigenvalue weighted by molar-refractivity contribution is 5.87. The maximum atomic E-state index is 12.2. The van der Waals surface area contributed by atoms with Crippen molar-refractivity contribution >= 4 is 12.2 Å². The summed E-state index contributed by atoms with van der Waals surface area (Å²) >= 11 is 0. The lowest BCUT2D eigenvalue weighted by molar-refractivity contribution is 0.0763. The first-order valence-electron chi connectivity index (χ1n) is 8.45. The van der Waals surface area contributed by atoms with Gasteiger partial charge in [0.2, 0.25) is 0 Å². The minimum atomic E-state index is -0.822. The van der Waals surface area contributed by atoms with E-state index >= 15 is 0 Å². The fraction of sp³-hybridized carbons (Fsp3) is 0.333. The van der Waals surface area contributed by atoms with Gasteiger partial charge in [0.05, 0.1) is 31.6 Å². The Kier molecular flexibility index (Phi) is 7.36. The number of benzene rings is 1. The minimum absolute atomic E-state index is 0.0475. The van der Waals surface area contributed by atoms with E-state index in [-0.39, 0.29) is 37.7 Å². The fourth-order valence-corrected chi connectivity index (χ4v) is 2.15. The molecule has 0 N–H and O–H groups in total. The number of hydrogen-bond donors (Lipinski definition) is 0. The molecular weight excluding hydrogens is 354 g/mol. The van der Waals surface area contributed by atoms with E-state index in [1.165, 1.54) is 16.9 Å². The highest BCUT2D eigenvalue weighted by Crippen LogP contribution is 2.08. The second-order valence-electron chi connectivity index (χ2n) is 5.17. The molecule has 2 rings (SSSR count). The summed E-state index contributed by atoms with van der Waals surface area (Å²) in [6.07, 6.45) is -0.262. The van der Waals surface area contributed by atoms with E-state index in [0.717, 1.165) is 4.90 Å². The van der Waals surface area contributed by atoms with E-state index in [0.29, 0.717) is 5.69 Å². The third-order valence-corrected chi connectivity index (χ3v) is 3.34. The fourth-order valence-electron chi connectivity index (χ4n) is 2.15. The molecule has 0 saturated heterocycles. The van der Waals surface area contributed by atoms with E-state index in [1.807, 2.05) is 6.07 Å². The zero-order valence-electron chi connectivity index (χ0n) is 15.2. The van der Waals surface area contributed by atoms with Crippen LogP contribution in [0.4, 0.5) is 9.59 Å². The van der Waals surface area contributed by atoms with Crippen molar-refractivity contribution in [1.82, 2.24) is 14.7 Å². The topological polar surface area (TPSA) is 100.0 Å². The van der Waals surface area contributed by atoms with Crippen LogP contribution >= 0.6 is 0 Å². The van der Waals surface area contributed by atoms with Gasteiger partial charge in [-0.2, -0.15) is 9.78 Å². The van der Waals surface area contributed by atoms with E-state index in [4.69, 9.17) is 14.2 Å². The molecule has 0 aliphatic rings. The Labute approximate surface area is 156 Å². The van der Waals surface area contributed by atoms with Crippen molar-refractivity contribution in [3.05, 3.63) is 52.9 Å². The SMILES string of the molecule is CCOC(=O)N(CCOc1cnn(-c2ccccc2)c(=O)c1)C(=O)OCC. The van der Waals surface area contributed by atoms with Crippen molar-refractivity contribution in [1.29, 1.82) is 0 Å². The van der Waals surface area contributed by atoms with Gasteiger partial charge in [0.1, 0.15) is 12.4 Å². The Balaban J connectivity index is 2.00. The van der Waals surface area contributed by atoms with Gasteiger partial charge in [-0.15, -0.1) is 0 Å². The van der Waals surface area contributed by atoms with Crippen LogP contribution in [-0.4, -0.2) is 53.2 Å². The average Bonchev–Trinajstić information content (AvgIpc) is 2.66. The van der Waals surface area contributed by atoms with Gasteiger partial charge in [-0.25, -0.2) is 14.5 Å². The largest absolute Gasteiger partial charge is 0.490 e. The molecule has 0 spiro atoms. The summed E-state index contributed by atoms with van der Waals surface area (Å²) in [5, 5.41) is 4.06. The molecule has 1 heterocycles. The molecule has 1 aromatic heterocycles. The van der Waals surface area contributed by atoms with Gasteiger partial charge in [-0.1, -0.05) is 18.2 Å². The molecule has 0 atom stereocenters. The van der Waals surface area contributed by atoms with Crippen LogP contribution in [0.25, 0.3) is 5.69 Å². The Morgan fingerprint density at radius 2 is 1.70 bits per heavy atom. The monoisotopic (exact) mass is 375 g/mol. The summed E-state index contributed by atoms with van der Waals surface area (Å²) in [7, 11) is 0. The Morgan fingerprint density at radius 3 is 2.26 bits per heavy atom. The van der Waals surface area contributed by atoms with Crippen LogP contribution in [0.5, 0.6) is 5.75 Å². The van der Waals surface area contributed by atoms with Crippen molar-refractivity contribution < 1.29 is 23.8 Å². The first-order chi connectivity index (χ1) is 13.1. The van der Waals surface area contributed by atoms with Crippen LogP contribution in [0.2, 0.25) is 0 Å². The normalized spacial score (nSPS) is 10.1. The van der Waals surface area contributed by atoms with Gasteiger partial charge in [0.15, 0.2) is 0 Å². The van der Waals surface area contributed by atoms with Gasteiger partial charge < -0.3 is 14.2 Å². The zero-order chi connectivity index (χ0) is 19.6. The van der Waals surface area contributed by atoms with Crippen LogP contribution < -0.4 is 10.3 Å². The lowest BCUT2D eigenvalue weighted by Crippen LogP contribution is -2.40. The first kappa shape index (κ1) is 20.0. The van der Waals surface area contributed by atoms with Crippen LogP contribution in [0, 0.1) is 0 Å². The van der Waals surface area contributed by atoms with Crippen molar-refractivity contribution in [2.24, 2.45) is 0 Å². The molecule has 0 saturated carbocycles. The maximum Gasteiger partial charge on any atom is 0.419 e. The summed E-state index contributed by atoms with van der Waals surface area (Å²) < 4.78 is 16.3. The number of rotatable bonds is 7. The van der Waals surface area contributed by atoms with Gasteiger partial charge >= 0.3 is 12.2 Å². The third-order valence-electron chi connectivity index (χ3n) is 3.34. The van der Waals surface area contributed by atoms with E-state index in [2.05, 4.69) is 5.10 Å². The number of hydrogen-bond acceptors (Lipinski definition) is 7. The molecule has 1 aromatic carbocycles. The number of amides is 2. The number of aromatic nitrogens is 2. The van der Waals surface area contributed by atoms with E-state index in [1.54, 1.807) is 38.1 Å². The molecule has 0 bridgehead atoms. The molecule has 27 heavy (non-hydrogen) atoms. The second kappa shape index (κ2) is 9.95. The molecule has 0 aliphatic carbocycles. The second-order valence-corrected chi connectivity index (χ2v) is 5.17. The molecule has 9 nitrogen and oxygen atoms in total. The molecule has 0 unspecified atom stereocenters. The predicted octanol–water partition coefficient (Wildman–Crippen LogP) is 2.23. The Bertz CT molecular complexity index is 803. The molecule has 0 aliphatic heterocycles. The highest BCUT2D eigenvalue weighted by Gasteiger charge is 2.23. The third kappa shape index (κ3) is 5.56. The number of nitrogens with zero attached hydrogens (tertiary/aromatic N) is 3. The summed E-state index contributed by atoms with van der Waals surface area (Å²) in [4.78, 5) is 36.7. The van der Waals surface area contributed by atoms with Crippen molar-refractivity contribution in [2.75, 3.05) is 26.4 Å². The molecule has 9 heteroatoms. The first-order valence-corrected chi connectivity index (χ1v) is 8.45. The number of carbonyl (C=O) groups is 2. The molecule has 144 valence electrons. The van der Waals surface area contributed by atoms with Gasteiger partial charge in [0, 0.05) is 6.07 Å². The van der Waals surface area contributed by atoms with Gasteiger partial charge in [-0.05, 0) is 26.0 Å². The maximum absolute atomic E-state index is 12.2. The van der Waals surface area contributed by atoms with Gasteiger partial charge in [-0.3, -0.25) is 4.79 Å². The smallest absolute Gasteiger partial charge is 0.419 e. The van der Waals surface area contributed by atoms with Crippen LogP contribution in [0.1, 0.15) is 13.8 Å². The van der Waals surface area contributed by atoms with Crippen LogP contribution in [0.15, 0.2) is 47.4 Å². The van der Waals surface area contributed by atoms with Crippen LogP contribution in [-0.2, 0) is 9.47 Å². The molecule has 2 amide bonds. The van der Waals surface area contributed by atoms with Crippen molar-refractivity contribution in [3.8, 4) is 11.4 Å². The summed E-state index contributed by atoms with van der Waals surface area (Å²) in [6, 6.07) is 10.2. The quantitative estimate of drug-likeness (QED) is 0.731. The number of carbonyl (C=O) groups excluding carboxylic acids is 2. The van der Waals surface area contributed by atoms with Gasteiger partial charge in [0.25, 0.3) is 5.56 Å². The average molecular weight is 375 g/mol. The summed E-state index contributed by atoms with van der Waals surface area (Å²) in [6.45, 7) is 3.36. The zero-order valence-corrected chi connectivity index (χ0v) is 15.2. The minimum Gasteiger partial charge on any atom is -0.490 e.